The number of aryl methyl sites for hydroxylation is 2. The van der Waals surface area contributed by atoms with Crippen LogP contribution in [0, 0.1) is 13.8 Å². The number of hydrogen-bond donors (Lipinski definition) is 1. The van der Waals surface area contributed by atoms with Gasteiger partial charge in [0.25, 0.3) is 5.91 Å². The van der Waals surface area contributed by atoms with Gasteiger partial charge >= 0.3 is 0 Å². The van der Waals surface area contributed by atoms with Crippen LogP contribution in [0.3, 0.4) is 0 Å². The number of benzene rings is 1. The second-order valence-electron chi connectivity index (χ2n) is 6.84. The van der Waals surface area contributed by atoms with E-state index >= 15 is 0 Å². The summed E-state index contributed by atoms with van der Waals surface area (Å²) < 4.78 is 0. The van der Waals surface area contributed by atoms with Crippen molar-refractivity contribution in [3.63, 3.8) is 0 Å². The average Bonchev–Trinajstić information content (AvgIpc) is 2.48. The van der Waals surface area contributed by atoms with Gasteiger partial charge in [0.05, 0.1) is 0 Å². The van der Waals surface area contributed by atoms with E-state index in [-0.39, 0.29) is 11.4 Å². The molecule has 3 heteroatoms. The van der Waals surface area contributed by atoms with Crippen LogP contribution >= 0.6 is 0 Å². The number of carbonyl (C=O) groups is 1. The first-order chi connectivity index (χ1) is 9.90. The fourth-order valence-corrected chi connectivity index (χ4v) is 2.89. The second kappa shape index (κ2) is 6.61. The van der Waals surface area contributed by atoms with Crippen molar-refractivity contribution < 1.29 is 4.79 Å². The molecule has 1 fully saturated rings. The van der Waals surface area contributed by atoms with Crippen molar-refractivity contribution in [3.05, 3.63) is 34.9 Å². The lowest BCUT2D eigenvalue weighted by atomic mass is 9.98. The van der Waals surface area contributed by atoms with E-state index in [4.69, 9.17) is 0 Å². The predicted octanol–water partition coefficient (Wildman–Crippen LogP) is 3.30. The third kappa shape index (κ3) is 4.07. The lowest BCUT2D eigenvalue weighted by Crippen LogP contribution is -2.53. The van der Waals surface area contributed by atoms with E-state index in [2.05, 4.69) is 31.0 Å². The molecule has 1 aromatic rings. The molecule has 0 spiro atoms. The summed E-state index contributed by atoms with van der Waals surface area (Å²) in [6, 6.07) is 5.89. The number of rotatable bonds is 4. The van der Waals surface area contributed by atoms with Crippen LogP contribution in [0.1, 0.15) is 54.6 Å². The van der Waals surface area contributed by atoms with E-state index in [0.717, 1.165) is 24.2 Å². The third-order valence-corrected chi connectivity index (χ3v) is 4.66. The van der Waals surface area contributed by atoms with Crippen LogP contribution in [0.25, 0.3) is 0 Å². The first kappa shape index (κ1) is 16.0. The molecule has 116 valence electrons. The zero-order valence-electron chi connectivity index (χ0n) is 13.8. The van der Waals surface area contributed by atoms with Gasteiger partial charge in [-0.05, 0) is 76.9 Å². The van der Waals surface area contributed by atoms with Crippen molar-refractivity contribution in [1.82, 2.24) is 10.2 Å². The van der Waals surface area contributed by atoms with Gasteiger partial charge in [0.2, 0.25) is 0 Å². The summed E-state index contributed by atoms with van der Waals surface area (Å²) in [5, 5.41) is 3.10. The van der Waals surface area contributed by atoms with E-state index in [0.29, 0.717) is 6.54 Å². The van der Waals surface area contributed by atoms with Gasteiger partial charge in [0, 0.05) is 17.6 Å². The molecule has 21 heavy (non-hydrogen) atoms. The lowest BCUT2D eigenvalue weighted by molar-refractivity contribution is 0.0797. The first-order valence-corrected chi connectivity index (χ1v) is 8.01. The van der Waals surface area contributed by atoms with E-state index in [1.807, 2.05) is 25.1 Å². The van der Waals surface area contributed by atoms with Crippen LogP contribution in [0.5, 0.6) is 0 Å². The van der Waals surface area contributed by atoms with Crippen molar-refractivity contribution >= 4 is 5.91 Å². The minimum Gasteiger partial charge on any atom is -0.350 e. The number of hydrogen-bond acceptors (Lipinski definition) is 2. The number of nitrogens with zero attached hydrogens (tertiary/aromatic N) is 1. The Balaban J connectivity index is 1.94. The van der Waals surface area contributed by atoms with E-state index in [1.165, 1.54) is 24.8 Å². The molecule has 0 saturated carbocycles. The molecule has 1 aliphatic rings. The topological polar surface area (TPSA) is 32.3 Å². The maximum atomic E-state index is 12.3. The quantitative estimate of drug-likeness (QED) is 0.922. The molecule has 0 atom stereocenters. The molecule has 0 radical (unpaired) electrons. The molecular weight excluding hydrogens is 260 g/mol. The summed E-state index contributed by atoms with van der Waals surface area (Å²) in [4.78, 5) is 14.8. The van der Waals surface area contributed by atoms with Gasteiger partial charge in [-0.2, -0.15) is 0 Å². The summed E-state index contributed by atoms with van der Waals surface area (Å²) in [6.45, 7) is 11.5. The molecule has 1 aromatic carbocycles. The van der Waals surface area contributed by atoms with Crippen molar-refractivity contribution in [1.29, 1.82) is 0 Å². The van der Waals surface area contributed by atoms with Crippen LogP contribution in [0.4, 0.5) is 0 Å². The fraction of sp³-hybridized carbons (Fsp3) is 0.611. The van der Waals surface area contributed by atoms with Gasteiger partial charge in [0.1, 0.15) is 0 Å². The zero-order chi connectivity index (χ0) is 15.5. The number of amides is 1. The Labute approximate surface area is 128 Å². The number of likely N-dealkylation sites (tertiary alicyclic amines) is 1. The van der Waals surface area contributed by atoms with Crippen molar-refractivity contribution in [3.8, 4) is 0 Å². The normalized spacial score (nSPS) is 16.8. The first-order valence-electron chi connectivity index (χ1n) is 8.01. The molecule has 1 aliphatic heterocycles. The standard InChI is InChI=1S/C18H28N2O/c1-14-8-9-16(12-15(14)2)17(21)19-13-18(3,4)20-10-6-5-7-11-20/h8-9,12H,5-7,10-11,13H2,1-4H3,(H,19,21). The Morgan fingerprint density at radius 1 is 1.14 bits per heavy atom. The molecule has 1 heterocycles. The smallest absolute Gasteiger partial charge is 0.251 e. The Morgan fingerprint density at radius 3 is 2.43 bits per heavy atom. The van der Waals surface area contributed by atoms with Gasteiger partial charge in [-0.25, -0.2) is 0 Å². The monoisotopic (exact) mass is 288 g/mol. The van der Waals surface area contributed by atoms with Gasteiger partial charge < -0.3 is 5.32 Å². The van der Waals surface area contributed by atoms with Gasteiger partial charge in [-0.15, -0.1) is 0 Å². The molecule has 0 unspecified atom stereocenters. The zero-order valence-corrected chi connectivity index (χ0v) is 13.8. The number of nitrogens with one attached hydrogen (secondary N) is 1. The highest BCUT2D eigenvalue weighted by molar-refractivity contribution is 5.94. The predicted molar refractivity (Wildman–Crippen MR) is 87.8 cm³/mol. The van der Waals surface area contributed by atoms with Crippen LogP contribution in [0.2, 0.25) is 0 Å². The largest absolute Gasteiger partial charge is 0.350 e. The van der Waals surface area contributed by atoms with Crippen molar-refractivity contribution in [2.45, 2.75) is 52.5 Å². The van der Waals surface area contributed by atoms with E-state index in [9.17, 15) is 4.79 Å². The summed E-state index contributed by atoms with van der Waals surface area (Å²) in [7, 11) is 0. The second-order valence-corrected chi connectivity index (χ2v) is 6.84. The molecule has 1 saturated heterocycles. The van der Waals surface area contributed by atoms with Gasteiger partial charge in [-0.3, -0.25) is 9.69 Å². The minimum atomic E-state index is 0.0236. The summed E-state index contributed by atoms with van der Waals surface area (Å²) in [5.41, 5.74) is 3.17. The van der Waals surface area contributed by atoms with E-state index < -0.39 is 0 Å². The molecule has 1 N–H and O–H groups in total. The number of piperidine rings is 1. The van der Waals surface area contributed by atoms with Crippen LogP contribution in [0.15, 0.2) is 18.2 Å². The van der Waals surface area contributed by atoms with Gasteiger partial charge in [-0.1, -0.05) is 12.5 Å². The third-order valence-electron chi connectivity index (χ3n) is 4.66. The Hall–Kier alpha value is -1.35. The van der Waals surface area contributed by atoms with Crippen LogP contribution < -0.4 is 5.32 Å². The van der Waals surface area contributed by atoms with Crippen molar-refractivity contribution in [2.24, 2.45) is 0 Å². The Morgan fingerprint density at radius 2 is 1.81 bits per heavy atom. The average molecular weight is 288 g/mol. The molecular formula is C18H28N2O. The highest BCUT2D eigenvalue weighted by Gasteiger charge is 2.28. The highest BCUT2D eigenvalue weighted by Crippen LogP contribution is 2.20. The summed E-state index contributed by atoms with van der Waals surface area (Å²) in [5.74, 6) is 0.0307. The maximum Gasteiger partial charge on any atom is 0.251 e. The summed E-state index contributed by atoms with van der Waals surface area (Å²) >= 11 is 0. The van der Waals surface area contributed by atoms with Crippen molar-refractivity contribution in [2.75, 3.05) is 19.6 Å². The summed E-state index contributed by atoms with van der Waals surface area (Å²) in [6.07, 6.45) is 3.88. The number of carbonyl (C=O) groups excluding carboxylic acids is 1. The molecule has 2 rings (SSSR count). The minimum absolute atomic E-state index is 0.0236. The van der Waals surface area contributed by atoms with Crippen LogP contribution in [-0.2, 0) is 0 Å². The molecule has 1 amide bonds. The van der Waals surface area contributed by atoms with Gasteiger partial charge in [0.15, 0.2) is 0 Å². The fourth-order valence-electron chi connectivity index (χ4n) is 2.89. The lowest BCUT2D eigenvalue weighted by Gasteiger charge is -2.41. The molecule has 0 bridgehead atoms. The maximum absolute atomic E-state index is 12.3. The molecule has 0 aliphatic carbocycles. The highest BCUT2D eigenvalue weighted by atomic mass is 16.1. The Bertz CT molecular complexity index is 502. The molecule has 3 nitrogen and oxygen atoms in total. The SMILES string of the molecule is Cc1ccc(C(=O)NCC(C)(C)N2CCCCC2)cc1C. The van der Waals surface area contributed by atoms with Crippen LogP contribution in [-0.4, -0.2) is 36.0 Å². The van der Waals surface area contributed by atoms with E-state index in [1.54, 1.807) is 0 Å². The Kier molecular flexibility index (Phi) is 5.04. The molecule has 0 aromatic heterocycles.